The van der Waals surface area contributed by atoms with Gasteiger partial charge in [0.1, 0.15) is 6.61 Å². The van der Waals surface area contributed by atoms with E-state index < -0.39 is 6.03 Å². The number of hydrogen-bond donors (Lipinski definition) is 2. The van der Waals surface area contributed by atoms with Crippen LogP contribution in [0.15, 0.2) is 60.8 Å². The third-order valence-electron chi connectivity index (χ3n) is 4.39. The van der Waals surface area contributed by atoms with Gasteiger partial charge >= 0.3 is 6.03 Å². The van der Waals surface area contributed by atoms with Crippen LogP contribution in [0.4, 0.5) is 16.3 Å². The minimum atomic E-state index is -0.406. The maximum absolute atomic E-state index is 12.4. The molecule has 0 spiro atoms. The van der Waals surface area contributed by atoms with Gasteiger partial charge in [-0.3, -0.25) is 5.32 Å². The number of ether oxygens (including phenoxy) is 1. The van der Waals surface area contributed by atoms with Gasteiger partial charge in [-0.05, 0) is 52.9 Å². The van der Waals surface area contributed by atoms with Gasteiger partial charge in [0.25, 0.3) is 0 Å². The lowest BCUT2D eigenvalue weighted by molar-refractivity contribution is 0.261. The molecule has 1 aromatic heterocycles. The van der Waals surface area contributed by atoms with Crippen molar-refractivity contribution in [3.8, 4) is 5.75 Å². The summed E-state index contributed by atoms with van der Waals surface area (Å²) in [7, 11) is 0. The summed E-state index contributed by atoms with van der Waals surface area (Å²) in [5.74, 6) is 0.767. The number of pyridine rings is 1. The summed E-state index contributed by atoms with van der Waals surface area (Å²) in [6.45, 7) is 6.68. The van der Waals surface area contributed by atoms with Gasteiger partial charge in [0, 0.05) is 11.9 Å². The average molecular weight is 444 g/mol. The number of aromatic nitrogens is 1. The third-order valence-corrected chi connectivity index (χ3v) is 5.13. The number of halogens is 2. The molecule has 0 bridgehead atoms. The summed E-state index contributed by atoms with van der Waals surface area (Å²) in [5.41, 5.74) is 2.78. The van der Waals surface area contributed by atoms with E-state index in [4.69, 9.17) is 27.9 Å². The topological polar surface area (TPSA) is 63.2 Å². The van der Waals surface area contributed by atoms with Crippen LogP contribution in [-0.4, -0.2) is 11.0 Å². The Balaban J connectivity index is 1.63. The molecule has 30 heavy (non-hydrogen) atoms. The van der Waals surface area contributed by atoms with Crippen LogP contribution in [-0.2, 0) is 12.0 Å². The lowest BCUT2D eigenvalue weighted by Gasteiger charge is -2.19. The quantitative estimate of drug-likeness (QED) is 0.450. The second-order valence-electron chi connectivity index (χ2n) is 7.79. The molecule has 0 aliphatic carbocycles. The maximum Gasteiger partial charge on any atom is 0.324 e. The van der Waals surface area contributed by atoms with Crippen LogP contribution in [0.5, 0.6) is 5.75 Å². The second-order valence-corrected chi connectivity index (χ2v) is 8.61. The van der Waals surface area contributed by atoms with E-state index in [0.717, 1.165) is 5.56 Å². The first-order valence-electron chi connectivity index (χ1n) is 9.42. The summed E-state index contributed by atoms with van der Waals surface area (Å²) in [5, 5.41) is 6.47. The fourth-order valence-corrected chi connectivity index (χ4v) is 3.04. The van der Waals surface area contributed by atoms with Crippen LogP contribution in [0.2, 0.25) is 10.0 Å². The number of carbonyl (C=O) groups excluding carboxylic acids is 1. The molecule has 0 unspecified atom stereocenters. The lowest BCUT2D eigenvalue weighted by Crippen LogP contribution is -2.21. The van der Waals surface area contributed by atoms with E-state index in [-0.39, 0.29) is 12.0 Å². The highest BCUT2D eigenvalue weighted by Crippen LogP contribution is 2.26. The van der Waals surface area contributed by atoms with Crippen LogP contribution in [0, 0.1) is 0 Å². The van der Waals surface area contributed by atoms with E-state index >= 15 is 0 Å². The molecule has 156 valence electrons. The minimum Gasteiger partial charge on any atom is -0.485 e. The number of rotatable bonds is 5. The summed E-state index contributed by atoms with van der Waals surface area (Å²) >= 11 is 12.0. The molecule has 5 nitrogen and oxygen atoms in total. The van der Waals surface area contributed by atoms with Crippen LogP contribution >= 0.6 is 23.2 Å². The number of nitrogens with one attached hydrogen (secondary N) is 2. The van der Waals surface area contributed by atoms with Crippen molar-refractivity contribution in [3.05, 3.63) is 82.0 Å². The summed E-state index contributed by atoms with van der Waals surface area (Å²) < 4.78 is 5.82. The van der Waals surface area contributed by atoms with Gasteiger partial charge in [0.05, 0.1) is 10.0 Å². The lowest BCUT2D eigenvalue weighted by atomic mass is 9.87. The van der Waals surface area contributed by atoms with E-state index in [1.165, 1.54) is 5.56 Å². The summed E-state index contributed by atoms with van der Waals surface area (Å²) in [4.78, 5) is 16.6. The van der Waals surface area contributed by atoms with Crippen LogP contribution < -0.4 is 15.4 Å². The average Bonchev–Trinajstić information content (AvgIpc) is 2.69. The zero-order valence-electron chi connectivity index (χ0n) is 17.0. The third kappa shape index (κ3) is 5.88. The first-order valence-corrected chi connectivity index (χ1v) is 10.2. The number of nitrogens with zero attached hydrogens (tertiary/aromatic N) is 1. The molecule has 0 radical (unpaired) electrons. The predicted octanol–water partition coefficient (Wildman–Crippen LogP) is 6.91. The number of urea groups is 1. The zero-order valence-corrected chi connectivity index (χ0v) is 18.5. The van der Waals surface area contributed by atoms with Crippen LogP contribution in [0.25, 0.3) is 0 Å². The highest BCUT2D eigenvalue weighted by Gasteiger charge is 2.14. The van der Waals surface area contributed by atoms with Crippen LogP contribution in [0.1, 0.15) is 31.9 Å². The van der Waals surface area contributed by atoms with Crippen molar-refractivity contribution in [1.82, 2.24) is 4.98 Å². The van der Waals surface area contributed by atoms with Gasteiger partial charge in [0.15, 0.2) is 11.6 Å². The largest absolute Gasteiger partial charge is 0.485 e. The smallest absolute Gasteiger partial charge is 0.324 e. The number of hydrogen-bond acceptors (Lipinski definition) is 3. The molecule has 3 rings (SSSR count). The minimum absolute atomic E-state index is 0.0509. The number of amides is 2. The standard InChI is InChI=1S/C23H23Cl2N3O2/c1-23(2,3)16-7-9-17(10-8-16)27-22(29)28-21-20(5-4-12-26-21)30-14-15-6-11-18(24)19(25)13-15/h4-13H,14H2,1-3H3,(H2,26,27,28,29). The summed E-state index contributed by atoms with van der Waals surface area (Å²) in [6, 6.07) is 16.1. The number of benzene rings is 2. The highest BCUT2D eigenvalue weighted by atomic mass is 35.5. The Labute approximate surface area is 186 Å². The Hall–Kier alpha value is -2.76. The van der Waals surface area contributed by atoms with Gasteiger partial charge in [-0.15, -0.1) is 0 Å². The van der Waals surface area contributed by atoms with Gasteiger partial charge in [0.2, 0.25) is 0 Å². The molecule has 0 atom stereocenters. The van der Waals surface area contributed by atoms with Crippen molar-refractivity contribution < 1.29 is 9.53 Å². The normalized spacial score (nSPS) is 11.1. The van der Waals surface area contributed by atoms with E-state index in [2.05, 4.69) is 36.4 Å². The molecule has 0 saturated heterocycles. The Morgan fingerprint density at radius 2 is 1.73 bits per heavy atom. The predicted molar refractivity (Wildman–Crippen MR) is 123 cm³/mol. The van der Waals surface area contributed by atoms with Gasteiger partial charge in [-0.1, -0.05) is 62.2 Å². The molecular weight excluding hydrogens is 421 g/mol. The Morgan fingerprint density at radius 3 is 2.40 bits per heavy atom. The molecule has 2 aromatic carbocycles. The highest BCUT2D eigenvalue weighted by molar-refractivity contribution is 6.42. The first kappa shape index (κ1) is 21.9. The van der Waals surface area contributed by atoms with Crippen molar-refractivity contribution in [2.75, 3.05) is 10.6 Å². The maximum atomic E-state index is 12.4. The number of anilines is 2. The van der Waals surface area contributed by atoms with Crippen molar-refractivity contribution in [3.63, 3.8) is 0 Å². The van der Waals surface area contributed by atoms with Gasteiger partial charge in [-0.2, -0.15) is 0 Å². The molecule has 2 N–H and O–H groups in total. The van der Waals surface area contributed by atoms with Crippen molar-refractivity contribution in [1.29, 1.82) is 0 Å². The zero-order chi connectivity index (χ0) is 21.7. The molecule has 0 aliphatic rings. The van der Waals surface area contributed by atoms with Crippen molar-refractivity contribution >= 4 is 40.7 Å². The van der Waals surface area contributed by atoms with Gasteiger partial charge < -0.3 is 10.1 Å². The Bertz CT molecular complexity index is 1030. The fraction of sp³-hybridized carbons (Fsp3) is 0.217. The SMILES string of the molecule is CC(C)(C)c1ccc(NC(=O)Nc2ncccc2OCc2ccc(Cl)c(Cl)c2)cc1. The van der Waals surface area contributed by atoms with E-state index in [1.807, 2.05) is 30.3 Å². The molecule has 7 heteroatoms. The molecule has 2 amide bonds. The van der Waals surface area contributed by atoms with E-state index in [0.29, 0.717) is 27.3 Å². The van der Waals surface area contributed by atoms with Crippen molar-refractivity contribution in [2.24, 2.45) is 0 Å². The fourth-order valence-electron chi connectivity index (χ4n) is 2.71. The second kappa shape index (κ2) is 9.37. The molecular formula is C23H23Cl2N3O2. The first-order chi connectivity index (χ1) is 14.2. The molecule has 0 fully saturated rings. The van der Waals surface area contributed by atoms with E-state index in [1.54, 1.807) is 30.5 Å². The molecule has 0 aliphatic heterocycles. The monoisotopic (exact) mass is 443 g/mol. The van der Waals surface area contributed by atoms with Crippen molar-refractivity contribution in [2.45, 2.75) is 32.8 Å². The molecule has 0 saturated carbocycles. The molecule has 1 heterocycles. The van der Waals surface area contributed by atoms with Gasteiger partial charge in [-0.25, -0.2) is 9.78 Å². The van der Waals surface area contributed by atoms with Crippen LogP contribution in [0.3, 0.4) is 0 Å². The van der Waals surface area contributed by atoms with E-state index in [9.17, 15) is 4.79 Å². The molecule has 3 aromatic rings. The Kier molecular flexibility index (Phi) is 6.85. The Morgan fingerprint density at radius 1 is 1.00 bits per heavy atom. The number of carbonyl (C=O) groups is 1. The summed E-state index contributed by atoms with van der Waals surface area (Å²) in [6.07, 6.45) is 1.58.